The van der Waals surface area contributed by atoms with E-state index in [0.717, 1.165) is 36.6 Å². The molecular formula is C18H24N4O2. The maximum Gasteiger partial charge on any atom is 0.251 e. The minimum absolute atomic E-state index is 0.0472. The largest absolute Gasteiger partial charge is 0.359 e. The molecule has 6 heteroatoms. The molecule has 1 aliphatic rings. The highest BCUT2D eigenvalue weighted by molar-refractivity contribution is 5.97. The van der Waals surface area contributed by atoms with Gasteiger partial charge in [0.2, 0.25) is 5.91 Å². The van der Waals surface area contributed by atoms with Crippen molar-refractivity contribution in [3.05, 3.63) is 30.0 Å². The second-order valence-corrected chi connectivity index (χ2v) is 6.77. The molecule has 1 heterocycles. The maximum absolute atomic E-state index is 12.5. The van der Waals surface area contributed by atoms with Gasteiger partial charge in [-0.2, -0.15) is 5.10 Å². The van der Waals surface area contributed by atoms with E-state index >= 15 is 0 Å². The quantitative estimate of drug-likeness (QED) is 0.787. The van der Waals surface area contributed by atoms with Crippen LogP contribution in [0.25, 0.3) is 10.9 Å². The number of aromatic amines is 1. The van der Waals surface area contributed by atoms with Gasteiger partial charge in [-0.15, -0.1) is 0 Å². The molecule has 128 valence electrons. The van der Waals surface area contributed by atoms with E-state index in [2.05, 4.69) is 20.8 Å². The third-order valence-electron chi connectivity index (χ3n) is 5.05. The van der Waals surface area contributed by atoms with Crippen molar-refractivity contribution in [2.75, 3.05) is 13.6 Å². The van der Waals surface area contributed by atoms with Gasteiger partial charge in [-0.3, -0.25) is 14.7 Å². The number of benzene rings is 1. The number of carbonyl (C=O) groups excluding carboxylic acids is 2. The zero-order chi connectivity index (χ0) is 17.0. The summed E-state index contributed by atoms with van der Waals surface area (Å²) in [6.07, 6.45) is 7.61. The molecule has 1 aromatic carbocycles. The lowest BCUT2D eigenvalue weighted by atomic mass is 9.71. The number of carbonyl (C=O) groups is 2. The summed E-state index contributed by atoms with van der Waals surface area (Å²) in [6, 6.07) is 5.49. The summed E-state index contributed by atoms with van der Waals surface area (Å²) >= 11 is 0. The molecule has 1 aliphatic carbocycles. The van der Waals surface area contributed by atoms with Crippen molar-refractivity contribution in [1.29, 1.82) is 0 Å². The van der Waals surface area contributed by atoms with Gasteiger partial charge in [0.15, 0.2) is 0 Å². The fourth-order valence-corrected chi connectivity index (χ4v) is 3.60. The van der Waals surface area contributed by atoms with E-state index in [1.54, 1.807) is 19.3 Å². The van der Waals surface area contributed by atoms with Crippen molar-refractivity contribution in [2.45, 2.75) is 38.5 Å². The molecule has 0 spiro atoms. The minimum Gasteiger partial charge on any atom is -0.359 e. The van der Waals surface area contributed by atoms with Gasteiger partial charge >= 0.3 is 0 Å². The van der Waals surface area contributed by atoms with Crippen molar-refractivity contribution in [3.63, 3.8) is 0 Å². The zero-order valence-electron chi connectivity index (χ0n) is 14.0. The molecule has 24 heavy (non-hydrogen) atoms. The number of amides is 2. The Morgan fingerprint density at radius 1 is 1.25 bits per heavy atom. The second kappa shape index (κ2) is 7.03. The topological polar surface area (TPSA) is 86.9 Å². The molecular weight excluding hydrogens is 304 g/mol. The number of nitrogens with one attached hydrogen (secondary N) is 3. The molecule has 0 aliphatic heterocycles. The fraction of sp³-hybridized carbons (Fsp3) is 0.500. The van der Waals surface area contributed by atoms with E-state index in [-0.39, 0.29) is 17.2 Å². The van der Waals surface area contributed by atoms with E-state index in [0.29, 0.717) is 18.5 Å². The van der Waals surface area contributed by atoms with Gasteiger partial charge < -0.3 is 10.6 Å². The van der Waals surface area contributed by atoms with Crippen LogP contribution >= 0.6 is 0 Å². The molecule has 3 rings (SSSR count). The molecule has 3 N–H and O–H groups in total. The Hall–Kier alpha value is -2.37. The van der Waals surface area contributed by atoms with E-state index in [1.807, 2.05) is 12.1 Å². The second-order valence-electron chi connectivity index (χ2n) is 6.77. The van der Waals surface area contributed by atoms with Gasteiger partial charge in [0.1, 0.15) is 0 Å². The van der Waals surface area contributed by atoms with Crippen molar-refractivity contribution in [2.24, 2.45) is 5.41 Å². The Bertz CT molecular complexity index is 731. The monoisotopic (exact) mass is 328 g/mol. The van der Waals surface area contributed by atoms with Crippen molar-refractivity contribution in [3.8, 4) is 0 Å². The Morgan fingerprint density at radius 2 is 2.04 bits per heavy atom. The Kier molecular flexibility index (Phi) is 4.83. The number of nitrogens with zero attached hydrogens (tertiary/aromatic N) is 1. The van der Waals surface area contributed by atoms with Crippen molar-refractivity contribution >= 4 is 22.7 Å². The first-order valence-electron chi connectivity index (χ1n) is 8.54. The van der Waals surface area contributed by atoms with Gasteiger partial charge in [-0.05, 0) is 36.5 Å². The van der Waals surface area contributed by atoms with Crippen LogP contribution in [0.1, 0.15) is 48.9 Å². The summed E-state index contributed by atoms with van der Waals surface area (Å²) in [5.41, 5.74) is 1.41. The maximum atomic E-state index is 12.5. The Balaban J connectivity index is 1.68. The average Bonchev–Trinajstić information content (AvgIpc) is 3.08. The lowest BCUT2D eigenvalue weighted by Crippen LogP contribution is -2.42. The van der Waals surface area contributed by atoms with Gasteiger partial charge in [-0.25, -0.2) is 0 Å². The van der Waals surface area contributed by atoms with E-state index < -0.39 is 0 Å². The number of aromatic nitrogens is 2. The van der Waals surface area contributed by atoms with E-state index in [1.165, 1.54) is 6.42 Å². The molecule has 0 unspecified atom stereocenters. The SMILES string of the molecule is CNC(=O)CC1(CNC(=O)c2ccc3[nH]ncc3c2)CCCCC1. The number of hydrogen-bond donors (Lipinski definition) is 3. The van der Waals surface area contributed by atoms with Crippen LogP contribution in [0.5, 0.6) is 0 Å². The molecule has 1 saturated carbocycles. The Morgan fingerprint density at radius 3 is 2.79 bits per heavy atom. The summed E-state index contributed by atoms with van der Waals surface area (Å²) in [5, 5.41) is 13.5. The number of hydrogen-bond acceptors (Lipinski definition) is 3. The standard InChI is InChI=1S/C18H24N4O2/c1-19-16(23)10-18(7-3-2-4-8-18)12-20-17(24)13-5-6-15-14(9-13)11-21-22-15/h5-6,9,11H,2-4,7-8,10,12H2,1H3,(H,19,23)(H,20,24)(H,21,22). The summed E-state index contributed by atoms with van der Waals surface area (Å²) < 4.78 is 0. The van der Waals surface area contributed by atoms with Crippen LogP contribution in [0.15, 0.2) is 24.4 Å². The van der Waals surface area contributed by atoms with Gasteiger partial charge in [0.25, 0.3) is 5.91 Å². The molecule has 2 amide bonds. The van der Waals surface area contributed by atoms with Crippen molar-refractivity contribution < 1.29 is 9.59 Å². The third kappa shape index (κ3) is 3.58. The zero-order valence-corrected chi connectivity index (χ0v) is 14.0. The minimum atomic E-state index is -0.117. The summed E-state index contributed by atoms with van der Waals surface area (Å²) in [4.78, 5) is 24.4. The van der Waals surface area contributed by atoms with Crippen LogP contribution in [0.4, 0.5) is 0 Å². The molecule has 1 fully saturated rings. The molecule has 2 aromatic rings. The van der Waals surface area contributed by atoms with Gasteiger partial charge in [0.05, 0.1) is 11.7 Å². The van der Waals surface area contributed by atoms with Crippen LogP contribution in [0.3, 0.4) is 0 Å². The first kappa shape index (κ1) is 16.5. The first-order valence-corrected chi connectivity index (χ1v) is 8.54. The highest BCUT2D eigenvalue weighted by Gasteiger charge is 2.34. The van der Waals surface area contributed by atoms with Crippen LogP contribution in [0, 0.1) is 5.41 Å². The fourth-order valence-electron chi connectivity index (χ4n) is 3.60. The Labute approximate surface area is 141 Å². The summed E-state index contributed by atoms with van der Waals surface area (Å²) in [6.45, 7) is 0.544. The predicted octanol–water partition coefficient (Wildman–Crippen LogP) is 2.38. The number of rotatable bonds is 5. The van der Waals surface area contributed by atoms with Gasteiger partial charge in [-0.1, -0.05) is 19.3 Å². The smallest absolute Gasteiger partial charge is 0.251 e. The van der Waals surface area contributed by atoms with E-state index in [4.69, 9.17) is 0 Å². The molecule has 0 bridgehead atoms. The van der Waals surface area contributed by atoms with Crippen LogP contribution in [-0.2, 0) is 4.79 Å². The third-order valence-corrected chi connectivity index (χ3v) is 5.05. The molecule has 1 aromatic heterocycles. The number of H-pyrrole nitrogens is 1. The number of fused-ring (bicyclic) bond motifs is 1. The van der Waals surface area contributed by atoms with E-state index in [9.17, 15) is 9.59 Å². The predicted molar refractivity (Wildman–Crippen MR) is 92.6 cm³/mol. The lowest BCUT2D eigenvalue weighted by molar-refractivity contribution is -0.123. The molecule has 6 nitrogen and oxygen atoms in total. The molecule has 0 saturated heterocycles. The lowest BCUT2D eigenvalue weighted by Gasteiger charge is -2.37. The van der Waals surface area contributed by atoms with Crippen LogP contribution < -0.4 is 10.6 Å². The summed E-state index contributed by atoms with van der Waals surface area (Å²) in [5.74, 6) is -0.0501. The highest BCUT2D eigenvalue weighted by atomic mass is 16.2. The summed E-state index contributed by atoms with van der Waals surface area (Å²) in [7, 11) is 1.66. The van der Waals surface area contributed by atoms with Crippen LogP contribution in [0.2, 0.25) is 0 Å². The van der Waals surface area contributed by atoms with Crippen LogP contribution in [-0.4, -0.2) is 35.6 Å². The normalized spacial score (nSPS) is 16.7. The molecule has 0 atom stereocenters. The van der Waals surface area contributed by atoms with Crippen molar-refractivity contribution in [1.82, 2.24) is 20.8 Å². The highest BCUT2D eigenvalue weighted by Crippen LogP contribution is 2.38. The molecule has 0 radical (unpaired) electrons. The van der Waals surface area contributed by atoms with Gasteiger partial charge in [0, 0.05) is 31.0 Å². The average molecular weight is 328 g/mol. The first-order chi connectivity index (χ1) is 11.6.